The lowest BCUT2D eigenvalue weighted by Crippen LogP contribution is -2.18. The van der Waals surface area contributed by atoms with E-state index in [1.165, 1.54) is 24.9 Å². The van der Waals surface area contributed by atoms with Crippen LogP contribution < -0.4 is 5.32 Å². The highest BCUT2D eigenvalue weighted by molar-refractivity contribution is 5.47. The highest BCUT2D eigenvalue weighted by atomic mass is 14.9. The Morgan fingerprint density at radius 2 is 1.89 bits per heavy atom. The quantitative estimate of drug-likeness (QED) is 0.865. The smallest absolute Gasteiger partial charge is 0.0766 e. The molecule has 0 radical (unpaired) electrons. The van der Waals surface area contributed by atoms with Gasteiger partial charge in [-0.2, -0.15) is 5.26 Å². The molecular formula is C17H24N2. The van der Waals surface area contributed by atoms with Crippen LogP contribution in [0, 0.1) is 16.7 Å². The molecule has 0 saturated heterocycles. The van der Waals surface area contributed by atoms with Crippen molar-refractivity contribution >= 4 is 5.69 Å². The number of hydrogen-bond acceptors (Lipinski definition) is 2. The van der Waals surface area contributed by atoms with E-state index in [0.29, 0.717) is 11.5 Å². The highest BCUT2D eigenvalue weighted by Gasteiger charge is 2.30. The topological polar surface area (TPSA) is 35.8 Å². The minimum absolute atomic E-state index is 0.409. The van der Waals surface area contributed by atoms with Crippen LogP contribution in [-0.4, -0.2) is 6.04 Å². The summed E-state index contributed by atoms with van der Waals surface area (Å²) >= 11 is 0. The molecule has 0 spiro atoms. The molecule has 1 aliphatic carbocycles. The van der Waals surface area contributed by atoms with Gasteiger partial charge in [0.2, 0.25) is 0 Å². The van der Waals surface area contributed by atoms with Crippen LogP contribution in [0.3, 0.4) is 0 Å². The van der Waals surface area contributed by atoms with Crippen LogP contribution in [0.4, 0.5) is 5.69 Å². The van der Waals surface area contributed by atoms with Gasteiger partial charge in [-0.3, -0.25) is 0 Å². The fourth-order valence-corrected chi connectivity index (χ4v) is 2.84. The molecule has 19 heavy (non-hydrogen) atoms. The SMILES string of the molecule is CC1(C)CCC(Nc2ccc(C(C)(C)C#N)cc2)C1. The van der Waals surface area contributed by atoms with E-state index >= 15 is 0 Å². The molecule has 1 saturated carbocycles. The molecule has 1 aromatic carbocycles. The van der Waals surface area contributed by atoms with Crippen molar-refractivity contribution in [1.29, 1.82) is 5.26 Å². The van der Waals surface area contributed by atoms with E-state index in [-0.39, 0.29) is 0 Å². The summed E-state index contributed by atoms with van der Waals surface area (Å²) in [5.74, 6) is 0. The second-order valence-corrected chi connectivity index (χ2v) is 7.06. The standard InChI is InChI=1S/C17H24N2/c1-16(2)10-9-15(11-16)19-14-7-5-13(6-8-14)17(3,4)12-18/h5-8,15,19H,9-11H2,1-4H3. The van der Waals surface area contributed by atoms with E-state index in [1.54, 1.807) is 0 Å². The van der Waals surface area contributed by atoms with E-state index in [0.717, 1.165) is 5.56 Å². The summed E-state index contributed by atoms with van der Waals surface area (Å²) in [5, 5.41) is 12.7. The van der Waals surface area contributed by atoms with Gasteiger partial charge in [-0.1, -0.05) is 26.0 Å². The first-order valence-corrected chi connectivity index (χ1v) is 7.11. The zero-order valence-corrected chi connectivity index (χ0v) is 12.5. The fourth-order valence-electron chi connectivity index (χ4n) is 2.84. The van der Waals surface area contributed by atoms with E-state index in [2.05, 4.69) is 49.5 Å². The minimum atomic E-state index is -0.409. The van der Waals surface area contributed by atoms with Crippen molar-refractivity contribution in [2.24, 2.45) is 5.41 Å². The van der Waals surface area contributed by atoms with Gasteiger partial charge in [-0.15, -0.1) is 0 Å². The average Bonchev–Trinajstić information content (AvgIpc) is 2.69. The molecule has 0 heterocycles. The van der Waals surface area contributed by atoms with E-state index < -0.39 is 5.41 Å². The molecule has 0 aliphatic heterocycles. The van der Waals surface area contributed by atoms with Gasteiger partial charge in [-0.05, 0) is 56.2 Å². The Morgan fingerprint density at radius 3 is 2.37 bits per heavy atom. The molecular weight excluding hydrogens is 232 g/mol. The minimum Gasteiger partial charge on any atom is -0.382 e. The van der Waals surface area contributed by atoms with Crippen LogP contribution in [0.25, 0.3) is 0 Å². The molecule has 1 fully saturated rings. The summed E-state index contributed by atoms with van der Waals surface area (Å²) in [4.78, 5) is 0. The van der Waals surface area contributed by atoms with Crippen LogP contribution in [0.5, 0.6) is 0 Å². The van der Waals surface area contributed by atoms with Gasteiger partial charge in [0.1, 0.15) is 0 Å². The summed E-state index contributed by atoms with van der Waals surface area (Å²) in [7, 11) is 0. The van der Waals surface area contributed by atoms with E-state index in [1.807, 2.05) is 13.8 Å². The van der Waals surface area contributed by atoms with Crippen LogP contribution in [-0.2, 0) is 5.41 Å². The second kappa shape index (κ2) is 4.89. The van der Waals surface area contributed by atoms with Crippen LogP contribution in [0.1, 0.15) is 52.5 Å². The number of nitriles is 1. The maximum Gasteiger partial charge on any atom is 0.0766 e. The summed E-state index contributed by atoms with van der Waals surface area (Å²) in [5.41, 5.74) is 2.31. The molecule has 1 aliphatic rings. The first-order chi connectivity index (χ1) is 8.82. The molecule has 102 valence electrons. The molecule has 0 aromatic heterocycles. The zero-order chi connectivity index (χ0) is 14.1. The zero-order valence-electron chi connectivity index (χ0n) is 12.5. The Labute approximate surface area is 116 Å². The maximum absolute atomic E-state index is 9.14. The third-order valence-electron chi connectivity index (χ3n) is 4.23. The largest absolute Gasteiger partial charge is 0.382 e. The molecule has 1 aromatic rings. The van der Waals surface area contributed by atoms with Gasteiger partial charge in [0.05, 0.1) is 11.5 Å². The molecule has 1 unspecified atom stereocenters. The Hall–Kier alpha value is -1.49. The summed E-state index contributed by atoms with van der Waals surface area (Å²) in [6, 6.07) is 11.2. The van der Waals surface area contributed by atoms with Gasteiger partial charge in [0.15, 0.2) is 0 Å². The van der Waals surface area contributed by atoms with Gasteiger partial charge in [0, 0.05) is 11.7 Å². The van der Waals surface area contributed by atoms with Crippen molar-refractivity contribution in [3.8, 4) is 6.07 Å². The maximum atomic E-state index is 9.14. The average molecular weight is 256 g/mol. The van der Waals surface area contributed by atoms with Gasteiger partial charge >= 0.3 is 0 Å². The summed E-state index contributed by atoms with van der Waals surface area (Å²) in [6.45, 7) is 8.59. The Morgan fingerprint density at radius 1 is 1.26 bits per heavy atom. The third kappa shape index (κ3) is 3.29. The van der Waals surface area contributed by atoms with Gasteiger partial charge < -0.3 is 5.32 Å². The normalized spacial score (nSPS) is 21.9. The molecule has 2 rings (SSSR count). The lowest BCUT2D eigenvalue weighted by atomic mass is 9.86. The molecule has 1 N–H and O–H groups in total. The summed E-state index contributed by atoms with van der Waals surface area (Å²) < 4.78 is 0. The number of hydrogen-bond donors (Lipinski definition) is 1. The van der Waals surface area contributed by atoms with Crippen molar-refractivity contribution in [1.82, 2.24) is 0 Å². The van der Waals surface area contributed by atoms with Crippen molar-refractivity contribution in [3.05, 3.63) is 29.8 Å². The van der Waals surface area contributed by atoms with Crippen molar-refractivity contribution in [2.45, 2.75) is 58.4 Å². The monoisotopic (exact) mass is 256 g/mol. The van der Waals surface area contributed by atoms with Crippen molar-refractivity contribution in [2.75, 3.05) is 5.32 Å². The number of rotatable bonds is 3. The molecule has 0 bridgehead atoms. The Balaban J connectivity index is 2.03. The Kier molecular flexibility index (Phi) is 3.58. The number of nitrogens with zero attached hydrogens (tertiary/aromatic N) is 1. The predicted octanol–water partition coefficient (Wildman–Crippen LogP) is 4.48. The number of benzene rings is 1. The molecule has 2 nitrogen and oxygen atoms in total. The number of anilines is 1. The molecule has 0 amide bonds. The van der Waals surface area contributed by atoms with Crippen LogP contribution >= 0.6 is 0 Å². The first-order valence-electron chi connectivity index (χ1n) is 7.11. The van der Waals surface area contributed by atoms with E-state index in [9.17, 15) is 0 Å². The summed E-state index contributed by atoms with van der Waals surface area (Å²) in [6.07, 6.45) is 3.78. The van der Waals surface area contributed by atoms with Gasteiger partial charge in [0.25, 0.3) is 0 Å². The lowest BCUT2D eigenvalue weighted by Gasteiger charge is -2.20. The highest BCUT2D eigenvalue weighted by Crippen LogP contribution is 2.38. The third-order valence-corrected chi connectivity index (χ3v) is 4.23. The van der Waals surface area contributed by atoms with Gasteiger partial charge in [-0.25, -0.2) is 0 Å². The first kappa shape index (κ1) is 13.9. The lowest BCUT2D eigenvalue weighted by molar-refractivity contribution is 0.378. The van der Waals surface area contributed by atoms with Crippen LogP contribution in [0.15, 0.2) is 24.3 Å². The fraction of sp³-hybridized carbons (Fsp3) is 0.588. The van der Waals surface area contributed by atoms with E-state index in [4.69, 9.17) is 5.26 Å². The molecule has 1 atom stereocenters. The molecule has 2 heteroatoms. The second-order valence-electron chi connectivity index (χ2n) is 7.06. The number of nitrogens with one attached hydrogen (secondary N) is 1. The van der Waals surface area contributed by atoms with Crippen LogP contribution in [0.2, 0.25) is 0 Å². The Bertz CT molecular complexity index is 477. The van der Waals surface area contributed by atoms with Crippen molar-refractivity contribution in [3.63, 3.8) is 0 Å². The predicted molar refractivity (Wildman–Crippen MR) is 80.1 cm³/mol. The van der Waals surface area contributed by atoms with Crippen molar-refractivity contribution < 1.29 is 0 Å².